The number of hydrogen-bond acceptors (Lipinski definition) is 3. The molecule has 1 N–H and O–H groups in total. The first-order valence-corrected chi connectivity index (χ1v) is 11.3. The quantitative estimate of drug-likeness (QED) is 0.450. The highest BCUT2D eigenvalue weighted by atomic mass is 17.2. The Kier molecular flexibility index (Phi) is 6.05. The summed E-state index contributed by atoms with van der Waals surface area (Å²) < 4.78 is 0. The zero-order valence-corrected chi connectivity index (χ0v) is 18.6. The average Bonchev–Trinajstić information content (AvgIpc) is 2.66. The van der Waals surface area contributed by atoms with Crippen LogP contribution in [-0.2, 0) is 14.6 Å². The lowest BCUT2D eigenvalue weighted by atomic mass is 9.46. The van der Waals surface area contributed by atoms with E-state index in [9.17, 15) is 9.90 Å². The Morgan fingerprint density at radius 3 is 2.54 bits per heavy atom. The lowest BCUT2D eigenvalue weighted by molar-refractivity contribution is -0.412. The molecule has 0 radical (unpaired) electrons. The normalized spacial score (nSPS) is 45.3. The molecular formula is C24H40O4. The number of fused-ring (bicyclic) bond motifs is 1. The van der Waals surface area contributed by atoms with Crippen LogP contribution in [0.5, 0.6) is 0 Å². The van der Waals surface area contributed by atoms with Crippen molar-refractivity contribution in [1.82, 2.24) is 0 Å². The summed E-state index contributed by atoms with van der Waals surface area (Å²) in [5, 5.41) is 9.21. The van der Waals surface area contributed by atoms with Crippen molar-refractivity contribution in [3.63, 3.8) is 0 Å². The third-order valence-corrected chi connectivity index (χ3v) is 9.04. The second-order valence-corrected chi connectivity index (χ2v) is 10.7. The van der Waals surface area contributed by atoms with Gasteiger partial charge in [-0.2, -0.15) is 0 Å². The Bertz CT molecular complexity index is 606. The number of hydrogen-bond donors (Lipinski definition) is 1. The van der Waals surface area contributed by atoms with E-state index in [1.807, 2.05) is 0 Å². The molecule has 1 heterocycles. The Balaban J connectivity index is 1.67. The summed E-state index contributed by atoms with van der Waals surface area (Å²) >= 11 is 0. The number of rotatable bonds is 5. The number of carboxylic acid groups (broad SMARTS) is 1. The molecular weight excluding hydrogens is 352 g/mol. The topological polar surface area (TPSA) is 55.8 Å². The van der Waals surface area contributed by atoms with Crippen LogP contribution in [0, 0.1) is 28.6 Å². The van der Waals surface area contributed by atoms with Crippen molar-refractivity contribution in [3.05, 3.63) is 12.2 Å². The lowest BCUT2D eigenvalue weighted by Crippen LogP contribution is -2.51. The van der Waals surface area contributed by atoms with Crippen molar-refractivity contribution in [1.29, 1.82) is 0 Å². The SMILES string of the molecule is C=C1CCC[C@@H]2[C@@](C)(CC[C@@]3(C)CC[C@@H]([C@H](C)C(=O)O)OO3)[C@H](C)CC[C@@]12C. The zero-order chi connectivity index (χ0) is 20.7. The molecule has 0 bridgehead atoms. The smallest absolute Gasteiger partial charge is 0.308 e. The number of carbonyl (C=O) groups is 1. The van der Waals surface area contributed by atoms with E-state index in [1.165, 1.54) is 37.7 Å². The van der Waals surface area contributed by atoms with E-state index >= 15 is 0 Å². The standard InChI is InChI=1S/C24H40O4/c1-16-8-7-9-20-23(16,5)13-10-17(2)24(20,6)15-14-22(4)12-11-19(27-28-22)18(3)21(25)26/h17-20H,1,7-15H2,2-6H3,(H,25,26)/t17-,18+,19+,20+,22-,23+,24+/m1/s1. The first-order valence-electron chi connectivity index (χ1n) is 11.3. The number of carboxylic acids is 1. The maximum Gasteiger partial charge on any atom is 0.308 e. The third-order valence-electron chi connectivity index (χ3n) is 9.04. The van der Waals surface area contributed by atoms with Gasteiger partial charge in [0, 0.05) is 0 Å². The van der Waals surface area contributed by atoms with E-state index in [4.69, 9.17) is 9.78 Å². The fourth-order valence-electron chi connectivity index (χ4n) is 6.30. The van der Waals surface area contributed by atoms with E-state index in [2.05, 4.69) is 34.3 Å². The molecule has 4 nitrogen and oxygen atoms in total. The van der Waals surface area contributed by atoms with E-state index in [0.29, 0.717) is 11.8 Å². The summed E-state index contributed by atoms with van der Waals surface area (Å²) in [4.78, 5) is 22.6. The van der Waals surface area contributed by atoms with Gasteiger partial charge in [-0.1, -0.05) is 32.9 Å². The predicted molar refractivity (Wildman–Crippen MR) is 111 cm³/mol. The predicted octanol–water partition coefficient (Wildman–Crippen LogP) is 6.16. The molecule has 1 saturated heterocycles. The van der Waals surface area contributed by atoms with Crippen molar-refractivity contribution in [2.45, 2.75) is 104 Å². The number of aliphatic carboxylic acids is 1. The van der Waals surface area contributed by atoms with Gasteiger partial charge in [-0.3, -0.25) is 4.79 Å². The second kappa shape index (κ2) is 7.75. The van der Waals surface area contributed by atoms with E-state index < -0.39 is 11.9 Å². The van der Waals surface area contributed by atoms with Crippen molar-refractivity contribution in [2.24, 2.45) is 28.6 Å². The van der Waals surface area contributed by atoms with Crippen LogP contribution in [0.4, 0.5) is 0 Å². The van der Waals surface area contributed by atoms with Crippen LogP contribution in [0.15, 0.2) is 12.2 Å². The molecule has 0 aromatic carbocycles. The van der Waals surface area contributed by atoms with Gasteiger partial charge in [0.2, 0.25) is 0 Å². The molecule has 28 heavy (non-hydrogen) atoms. The Hall–Kier alpha value is -0.870. The van der Waals surface area contributed by atoms with Gasteiger partial charge in [0.25, 0.3) is 0 Å². The first-order chi connectivity index (χ1) is 13.0. The van der Waals surface area contributed by atoms with Crippen LogP contribution >= 0.6 is 0 Å². The van der Waals surface area contributed by atoms with Gasteiger partial charge in [0.05, 0.1) is 5.92 Å². The average molecular weight is 393 g/mol. The molecule has 0 aromatic rings. The minimum Gasteiger partial charge on any atom is -0.481 e. The summed E-state index contributed by atoms with van der Waals surface area (Å²) in [6.07, 6.45) is 9.66. The van der Waals surface area contributed by atoms with Crippen molar-refractivity contribution in [3.8, 4) is 0 Å². The monoisotopic (exact) mass is 392 g/mol. The van der Waals surface area contributed by atoms with Crippen LogP contribution in [0.1, 0.15) is 92.4 Å². The minimum absolute atomic E-state index is 0.284. The highest BCUT2D eigenvalue weighted by Crippen LogP contribution is 2.63. The largest absolute Gasteiger partial charge is 0.481 e. The van der Waals surface area contributed by atoms with Gasteiger partial charge in [-0.25, -0.2) is 9.78 Å². The van der Waals surface area contributed by atoms with Crippen LogP contribution in [0.3, 0.4) is 0 Å². The maximum absolute atomic E-state index is 11.2. The Morgan fingerprint density at radius 2 is 1.93 bits per heavy atom. The molecule has 1 aliphatic heterocycles. The van der Waals surface area contributed by atoms with Crippen molar-refractivity contribution in [2.75, 3.05) is 0 Å². The fourth-order valence-corrected chi connectivity index (χ4v) is 6.30. The molecule has 4 heteroatoms. The third kappa shape index (κ3) is 3.79. The summed E-state index contributed by atoms with van der Waals surface area (Å²) in [6.45, 7) is 15.7. The van der Waals surface area contributed by atoms with E-state index in [-0.39, 0.29) is 22.5 Å². The van der Waals surface area contributed by atoms with Crippen molar-refractivity contribution >= 4 is 5.97 Å². The first kappa shape index (κ1) is 21.8. The molecule has 2 saturated carbocycles. The van der Waals surface area contributed by atoms with E-state index in [1.54, 1.807) is 6.92 Å². The second-order valence-electron chi connectivity index (χ2n) is 10.7. The fraction of sp³-hybridized carbons (Fsp3) is 0.875. The zero-order valence-electron chi connectivity index (χ0n) is 18.6. The highest BCUT2D eigenvalue weighted by molar-refractivity contribution is 5.70. The molecule has 0 spiro atoms. The molecule has 3 fully saturated rings. The van der Waals surface area contributed by atoms with Crippen LogP contribution in [0.2, 0.25) is 0 Å². The molecule has 7 atom stereocenters. The molecule has 160 valence electrons. The maximum atomic E-state index is 11.2. The molecule has 0 unspecified atom stereocenters. The van der Waals surface area contributed by atoms with Gasteiger partial charge >= 0.3 is 5.97 Å². The lowest BCUT2D eigenvalue weighted by Gasteiger charge is -2.59. The highest BCUT2D eigenvalue weighted by Gasteiger charge is 2.54. The number of allylic oxidation sites excluding steroid dienone is 1. The van der Waals surface area contributed by atoms with E-state index in [0.717, 1.165) is 25.7 Å². The van der Waals surface area contributed by atoms with Gasteiger partial charge in [0.15, 0.2) is 0 Å². The van der Waals surface area contributed by atoms with Gasteiger partial charge in [-0.15, -0.1) is 0 Å². The van der Waals surface area contributed by atoms with Gasteiger partial charge in [0.1, 0.15) is 11.7 Å². The minimum atomic E-state index is -0.822. The van der Waals surface area contributed by atoms with Crippen LogP contribution in [0.25, 0.3) is 0 Å². The Morgan fingerprint density at radius 1 is 1.21 bits per heavy atom. The molecule has 3 aliphatic rings. The van der Waals surface area contributed by atoms with Crippen molar-refractivity contribution < 1.29 is 19.7 Å². The molecule has 3 rings (SSSR count). The van der Waals surface area contributed by atoms with Crippen LogP contribution in [-0.4, -0.2) is 22.8 Å². The Labute approximate surface area is 171 Å². The summed E-state index contributed by atoms with van der Waals surface area (Å²) in [5.74, 6) is 0.0363. The summed E-state index contributed by atoms with van der Waals surface area (Å²) in [6, 6.07) is 0. The van der Waals surface area contributed by atoms with Gasteiger partial charge in [-0.05, 0) is 94.3 Å². The van der Waals surface area contributed by atoms with Gasteiger partial charge < -0.3 is 5.11 Å². The van der Waals surface area contributed by atoms with Crippen LogP contribution < -0.4 is 0 Å². The molecule has 0 amide bonds. The summed E-state index contributed by atoms with van der Waals surface area (Å²) in [7, 11) is 0. The summed E-state index contributed by atoms with van der Waals surface area (Å²) in [5.41, 5.74) is 1.72. The molecule has 2 aliphatic carbocycles. The molecule has 0 aromatic heterocycles.